The molecule has 0 amide bonds. The van der Waals surface area contributed by atoms with Crippen molar-refractivity contribution in [3.05, 3.63) is 54.1 Å². The number of ether oxygens (including phenoxy) is 1. The molecule has 1 fully saturated rings. The summed E-state index contributed by atoms with van der Waals surface area (Å²) in [5, 5.41) is 4.84. The van der Waals surface area contributed by atoms with Crippen LogP contribution in [-0.4, -0.2) is 39.8 Å². The summed E-state index contributed by atoms with van der Waals surface area (Å²) in [5.41, 5.74) is 2.98. The molecule has 0 spiro atoms. The number of halogens is 1. The molecule has 1 N–H and O–H groups in total. The number of rotatable bonds is 3. The minimum absolute atomic E-state index is 0.202. The third-order valence-corrected chi connectivity index (χ3v) is 5.09. The molecule has 1 saturated heterocycles. The Morgan fingerprint density at radius 1 is 1.31 bits per heavy atom. The molecule has 26 heavy (non-hydrogen) atoms. The van der Waals surface area contributed by atoms with Crippen molar-refractivity contribution in [3.63, 3.8) is 0 Å². The van der Waals surface area contributed by atoms with Crippen molar-refractivity contribution in [2.75, 3.05) is 25.5 Å². The van der Waals surface area contributed by atoms with Gasteiger partial charge in [0.2, 0.25) is 5.88 Å². The largest absolute Gasteiger partial charge is 0.481 e. The van der Waals surface area contributed by atoms with Crippen LogP contribution in [0.4, 0.5) is 10.1 Å². The van der Waals surface area contributed by atoms with Crippen LogP contribution < -0.4 is 10.1 Å². The fourth-order valence-electron chi connectivity index (χ4n) is 3.27. The molecule has 0 radical (unpaired) electrons. The molecule has 4 rings (SSSR count). The van der Waals surface area contributed by atoms with Crippen LogP contribution in [-0.2, 0) is 0 Å². The number of aryl methyl sites for hydroxylation is 1. The van der Waals surface area contributed by atoms with E-state index in [1.165, 1.54) is 6.07 Å². The van der Waals surface area contributed by atoms with E-state index in [1.54, 1.807) is 25.4 Å². The Hall–Kier alpha value is -2.67. The summed E-state index contributed by atoms with van der Waals surface area (Å²) in [5.74, 6) is 0.365. The van der Waals surface area contributed by atoms with Gasteiger partial charge in [0.25, 0.3) is 0 Å². The van der Waals surface area contributed by atoms with Gasteiger partial charge in [-0.25, -0.2) is 9.37 Å². The zero-order valence-electron chi connectivity index (χ0n) is 14.6. The van der Waals surface area contributed by atoms with Crippen LogP contribution in [0.5, 0.6) is 5.88 Å². The number of thiocarbonyl (C=S) groups is 1. The number of aromatic nitrogens is 2. The summed E-state index contributed by atoms with van der Waals surface area (Å²) in [7, 11) is 1.58. The Kier molecular flexibility index (Phi) is 4.24. The molecule has 0 unspecified atom stereocenters. The highest BCUT2D eigenvalue weighted by molar-refractivity contribution is 7.80. The first-order valence-electron chi connectivity index (χ1n) is 8.38. The minimum Gasteiger partial charge on any atom is -0.481 e. The lowest BCUT2D eigenvalue weighted by Gasteiger charge is -2.42. The number of nitrogens with zero attached hydrogens (tertiary/aromatic N) is 3. The topological polar surface area (TPSA) is 42.3 Å². The van der Waals surface area contributed by atoms with Gasteiger partial charge in [0.05, 0.1) is 25.0 Å². The second-order valence-electron chi connectivity index (χ2n) is 6.46. The fourth-order valence-corrected chi connectivity index (χ4v) is 3.54. The van der Waals surface area contributed by atoms with E-state index in [0.717, 1.165) is 35.2 Å². The number of hydrogen-bond acceptors (Lipinski definition) is 3. The molecular formula is C19H19FN4OS. The maximum absolute atomic E-state index is 13.5. The number of hydrogen-bond donors (Lipinski definition) is 1. The van der Waals surface area contributed by atoms with E-state index in [4.69, 9.17) is 17.0 Å². The average Bonchev–Trinajstić information content (AvgIpc) is 2.90. The highest BCUT2D eigenvalue weighted by Gasteiger charge is 2.31. The maximum atomic E-state index is 13.5. The Morgan fingerprint density at radius 2 is 2.12 bits per heavy atom. The number of likely N-dealkylation sites (tertiary alicyclic amines) is 1. The van der Waals surface area contributed by atoms with Crippen molar-refractivity contribution in [2.24, 2.45) is 0 Å². The van der Waals surface area contributed by atoms with E-state index < -0.39 is 0 Å². The van der Waals surface area contributed by atoms with E-state index in [-0.39, 0.29) is 5.82 Å². The van der Waals surface area contributed by atoms with Gasteiger partial charge in [0, 0.05) is 36.3 Å². The quantitative estimate of drug-likeness (QED) is 0.712. The molecule has 1 aliphatic heterocycles. The molecule has 1 aliphatic rings. The molecule has 3 heterocycles. The van der Waals surface area contributed by atoms with Crippen LogP contribution >= 0.6 is 12.2 Å². The first-order chi connectivity index (χ1) is 12.5. The SMILES string of the molecule is COc1ccc(NC(=S)N2CC(n3cc(C)c4cc(F)ccc43)C2)cn1. The lowest BCUT2D eigenvalue weighted by molar-refractivity contribution is 0.200. The van der Waals surface area contributed by atoms with Crippen molar-refractivity contribution in [1.29, 1.82) is 0 Å². The van der Waals surface area contributed by atoms with Crippen molar-refractivity contribution in [1.82, 2.24) is 14.5 Å². The zero-order valence-corrected chi connectivity index (χ0v) is 15.4. The highest BCUT2D eigenvalue weighted by atomic mass is 32.1. The van der Waals surface area contributed by atoms with Crippen molar-refractivity contribution < 1.29 is 9.13 Å². The maximum Gasteiger partial charge on any atom is 0.213 e. The van der Waals surface area contributed by atoms with Crippen LogP contribution in [0.3, 0.4) is 0 Å². The summed E-state index contributed by atoms with van der Waals surface area (Å²) in [6.45, 7) is 3.64. The second-order valence-corrected chi connectivity index (χ2v) is 6.85. The predicted octanol–water partition coefficient (Wildman–Crippen LogP) is 3.75. The Bertz CT molecular complexity index is 964. The van der Waals surface area contributed by atoms with E-state index in [9.17, 15) is 4.39 Å². The van der Waals surface area contributed by atoms with Crippen molar-refractivity contribution >= 4 is 33.9 Å². The Balaban J connectivity index is 1.42. The lowest BCUT2D eigenvalue weighted by atomic mass is 10.1. The number of methoxy groups -OCH3 is 1. The summed E-state index contributed by atoms with van der Waals surface area (Å²) in [6, 6.07) is 8.95. The number of fused-ring (bicyclic) bond motifs is 1. The molecule has 3 aromatic rings. The van der Waals surface area contributed by atoms with Gasteiger partial charge in [-0.05, 0) is 49.0 Å². The molecule has 1 aromatic carbocycles. The monoisotopic (exact) mass is 370 g/mol. The van der Waals surface area contributed by atoms with Crippen LogP contribution in [0.25, 0.3) is 10.9 Å². The second kappa shape index (κ2) is 6.57. The van der Waals surface area contributed by atoms with Crippen molar-refractivity contribution in [2.45, 2.75) is 13.0 Å². The molecule has 0 atom stereocenters. The zero-order chi connectivity index (χ0) is 18.3. The van der Waals surface area contributed by atoms with Gasteiger partial charge < -0.3 is 19.5 Å². The highest BCUT2D eigenvalue weighted by Crippen LogP contribution is 2.30. The summed E-state index contributed by atoms with van der Waals surface area (Å²) in [6.07, 6.45) is 3.79. The molecular weight excluding hydrogens is 351 g/mol. The van der Waals surface area contributed by atoms with Gasteiger partial charge in [-0.1, -0.05) is 0 Å². The van der Waals surface area contributed by atoms with Crippen LogP contribution in [0.2, 0.25) is 0 Å². The van der Waals surface area contributed by atoms with Gasteiger partial charge in [-0.2, -0.15) is 0 Å². The van der Waals surface area contributed by atoms with Gasteiger partial charge in [-0.15, -0.1) is 0 Å². The Labute approximate surface area is 156 Å². The van der Waals surface area contributed by atoms with Crippen molar-refractivity contribution in [3.8, 4) is 5.88 Å². The normalized spacial score (nSPS) is 14.3. The molecule has 0 aliphatic carbocycles. The average molecular weight is 370 g/mol. The van der Waals surface area contributed by atoms with Crippen LogP contribution in [0, 0.1) is 12.7 Å². The standard InChI is InChI=1S/C19H19FN4OS/c1-12-9-24(17-5-3-13(20)7-16(12)17)15-10-23(11-15)19(26)22-14-4-6-18(25-2)21-8-14/h3-9,15H,10-11H2,1-2H3,(H,22,26). The van der Waals surface area contributed by atoms with E-state index in [2.05, 4.69) is 26.0 Å². The van der Waals surface area contributed by atoms with Gasteiger partial charge in [0.1, 0.15) is 5.82 Å². The smallest absolute Gasteiger partial charge is 0.213 e. The summed E-state index contributed by atoms with van der Waals surface area (Å²) >= 11 is 5.49. The first kappa shape index (κ1) is 16.8. The predicted molar refractivity (Wildman–Crippen MR) is 104 cm³/mol. The molecule has 134 valence electrons. The number of nitrogens with one attached hydrogen (secondary N) is 1. The third-order valence-electron chi connectivity index (χ3n) is 4.73. The van der Waals surface area contributed by atoms with Gasteiger partial charge in [-0.3, -0.25) is 0 Å². The molecule has 0 saturated carbocycles. The molecule has 0 bridgehead atoms. The summed E-state index contributed by atoms with van der Waals surface area (Å²) < 4.78 is 20.8. The van der Waals surface area contributed by atoms with E-state index in [1.807, 2.05) is 19.1 Å². The number of benzene rings is 1. The number of pyridine rings is 1. The Morgan fingerprint density at radius 3 is 2.81 bits per heavy atom. The van der Waals surface area contributed by atoms with E-state index >= 15 is 0 Å². The lowest BCUT2D eigenvalue weighted by Crippen LogP contribution is -2.52. The molecule has 2 aromatic heterocycles. The third kappa shape index (κ3) is 2.99. The molecule has 5 nitrogen and oxygen atoms in total. The fraction of sp³-hybridized carbons (Fsp3) is 0.263. The first-order valence-corrected chi connectivity index (χ1v) is 8.78. The van der Waals surface area contributed by atoms with Crippen LogP contribution in [0.15, 0.2) is 42.7 Å². The van der Waals surface area contributed by atoms with E-state index in [0.29, 0.717) is 17.0 Å². The molecule has 7 heteroatoms. The summed E-state index contributed by atoms with van der Waals surface area (Å²) in [4.78, 5) is 6.27. The minimum atomic E-state index is -0.202. The van der Waals surface area contributed by atoms with Gasteiger partial charge in [0.15, 0.2) is 5.11 Å². The number of anilines is 1. The van der Waals surface area contributed by atoms with Crippen LogP contribution in [0.1, 0.15) is 11.6 Å². The van der Waals surface area contributed by atoms with Gasteiger partial charge >= 0.3 is 0 Å².